The maximum absolute atomic E-state index is 14.3. The van der Waals surface area contributed by atoms with Crippen LogP contribution in [0.4, 0.5) is 21.8 Å². The summed E-state index contributed by atoms with van der Waals surface area (Å²) in [6, 6.07) is 9.48. The number of primary amides is 1. The van der Waals surface area contributed by atoms with Crippen molar-refractivity contribution in [3.05, 3.63) is 81.3 Å². The van der Waals surface area contributed by atoms with Gasteiger partial charge in [0.1, 0.15) is 23.7 Å². The van der Waals surface area contributed by atoms with E-state index in [9.17, 15) is 41.9 Å². The Hall–Kier alpha value is -5.74. The first-order chi connectivity index (χ1) is 36.6. The van der Waals surface area contributed by atoms with Crippen molar-refractivity contribution in [2.45, 2.75) is 97.0 Å². The lowest BCUT2D eigenvalue weighted by atomic mass is 9.85. The van der Waals surface area contributed by atoms with Crippen molar-refractivity contribution in [2.75, 3.05) is 82.2 Å². The van der Waals surface area contributed by atoms with Gasteiger partial charge in [0.25, 0.3) is 5.91 Å². The smallest absolute Gasteiger partial charge is 0.253 e. The number of amides is 5. The summed E-state index contributed by atoms with van der Waals surface area (Å²) >= 11 is 4.91. The predicted molar refractivity (Wildman–Crippen MR) is 291 cm³/mol. The van der Waals surface area contributed by atoms with Gasteiger partial charge in [-0.2, -0.15) is 4.98 Å². The molecule has 0 spiro atoms. The van der Waals surface area contributed by atoms with Crippen molar-refractivity contribution in [3.63, 3.8) is 0 Å². The summed E-state index contributed by atoms with van der Waals surface area (Å²) in [6.07, 6.45) is 1.57. The number of carbonyl (C=O) groups excluding carboxylic acids is 5. The van der Waals surface area contributed by atoms with E-state index >= 15 is 0 Å². The zero-order valence-electron chi connectivity index (χ0n) is 43.8. The van der Waals surface area contributed by atoms with Crippen molar-refractivity contribution in [3.8, 4) is 10.4 Å². The fourth-order valence-corrected chi connectivity index (χ4v) is 11.1. The van der Waals surface area contributed by atoms with Gasteiger partial charge in [-0.25, -0.2) is 27.1 Å². The first-order valence-corrected chi connectivity index (χ1v) is 28.6. The Morgan fingerprint density at radius 2 is 1.58 bits per heavy atom. The van der Waals surface area contributed by atoms with E-state index in [0.717, 1.165) is 27.8 Å². The highest BCUT2D eigenvalue weighted by molar-refractivity contribution is 9.10. The minimum absolute atomic E-state index is 0.0217. The number of piperidine rings is 1. The quantitative estimate of drug-likeness (QED) is 0.0412. The molecule has 77 heavy (non-hydrogen) atoms. The number of carbonyl (C=O) groups is 5. The van der Waals surface area contributed by atoms with E-state index in [-0.39, 0.29) is 132 Å². The van der Waals surface area contributed by atoms with Gasteiger partial charge in [-0.3, -0.25) is 24.0 Å². The summed E-state index contributed by atoms with van der Waals surface area (Å²) in [7, 11) is -3.66. The largest absolute Gasteiger partial charge is 0.391 e. The van der Waals surface area contributed by atoms with E-state index in [2.05, 4.69) is 57.5 Å². The topological polar surface area (TPSA) is 299 Å². The van der Waals surface area contributed by atoms with Crippen molar-refractivity contribution in [1.29, 1.82) is 0 Å². The first kappa shape index (κ1) is 60.5. The molecular formula is C51H69BrFN11O11S2. The summed E-state index contributed by atoms with van der Waals surface area (Å²) in [5.41, 5.74) is 9.12. The Balaban J connectivity index is 0.797. The van der Waals surface area contributed by atoms with E-state index in [1.807, 2.05) is 58.9 Å². The third-order valence-electron chi connectivity index (χ3n) is 12.9. The van der Waals surface area contributed by atoms with Crippen LogP contribution in [-0.2, 0) is 43.4 Å². The van der Waals surface area contributed by atoms with Gasteiger partial charge in [0.2, 0.25) is 39.6 Å². The number of aryl methyl sites for hydroxylation is 1. The molecule has 0 radical (unpaired) electrons. The van der Waals surface area contributed by atoms with E-state index in [1.54, 1.807) is 16.8 Å². The van der Waals surface area contributed by atoms with Gasteiger partial charge < -0.3 is 56.5 Å². The maximum atomic E-state index is 14.3. The van der Waals surface area contributed by atoms with Crippen LogP contribution in [0.5, 0.6) is 0 Å². The van der Waals surface area contributed by atoms with E-state index in [1.165, 1.54) is 27.5 Å². The van der Waals surface area contributed by atoms with Crippen LogP contribution in [0.3, 0.4) is 0 Å². The van der Waals surface area contributed by atoms with Crippen LogP contribution in [0.1, 0.15) is 87.5 Å². The molecule has 0 bridgehead atoms. The summed E-state index contributed by atoms with van der Waals surface area (Å²) < 4.78 is 58.9. The van der Waals surface area contributed by atoms with Crippen LogP contribution in [0.25, 0.3) is 10.4 Å². The molecule has 26 heteroatoms. The first-order valence-electron chi connectivity index (χ1n) is 25.3. The van der Waals surface area contributed by atoms with Crippen molar-refractivity contribution in [2.24, 2.45) is 11.1 Å². The van der Waals surface area contributed by atoms with Crippen molar-refractivity contribution >= 4 is 84.3 Å². The number of nitrogens with zero attached hydrogens (tertiary/aromatic N) is 5. The van der Waals surface area contributed by atoms with Crippen LogP contribution >= 0.6 is 27.3 Å². The monoisotopic (exact) mass is 1170 g/mol. The Morgan fingerprint density at radius 3 is 2.21 bits per heavy atom. The zero-order valence-corrected chi connectivity index (χ0v) is 47.0. The van der Waals surface area contributed by atoms with Crippen molar-refractivity contribution < 1.29 is 56.1 Å². The molecule has 2 fully saturated rings. The zero-order chi connectivity index (χ0) is 55.9. The van der Waals surface area contributed by atoms with Gasteiger partial charge >= 0.3 is 0 Å². The molecule has 4 aromatic rings. The number of benzene rings is 2. The molecule has 8 N–H and O–H groups in total. The number of hydrogen-bond donors (Lipinski definition) is 7. The van der Waals surface area contributed by atoms with Gasteiger partial charge in [0, 0.05) is 57.7 Å². The second-order valence-electron chi connectivity index (χ2n) is 19.7. The fraction of sp³-hybridized carbons (Fsp3) is 0.529. The highest BCUT2D eigenvalue weighted by Gasteiger charge is 2.45. The highest BCUT2D eigenvalue weighted by Crippen LogP contribution is 2.31. The number of anilines is 3. The van der Waals surface area contributed by atoms with E-state index in [4.69, 9.17) is 19.9 Å². The summed E-state index contributed by atoms with van der Waals surface area (Å²) in [5.74, 6) is -3.12. The van der Waals surface area contributed by atoms with Gasteiger partial charge in [-0.1, -0.05) is 51.1 Å². The molecular weight excluding hydrogens is 1110 g/mol. The number of thiazole rings is 1. The molecule has 0 unspecified atom stereocenters. The number of likely N-dealkylation sites (tertiary alicyclic amines) is 1. The fourth-order valence-electron chi connectivity index (χ4n) is 8.65. The molecule has 420 valence electrons. The minimum atomic E-state index is -3.66. The van der Waals surface area contributed by atoms with Gasteiger partial charge in [0.05, 0.1) is 89.3 Å². The Kier molecular flexibility index (Phi) is 22.2. The number of aliphatic hydroxyl groups is 1. The molecule has 5 amide bonds. The number of β-amino-alcohol motifs (C(OH)–C–C–N with tert-alkyl or cyclic N) is 1. The number of nitrogens with one attached hydrogen (secondary N) is 5. The SMILES string of the molecule is Cc1ncsc1-c1ccc([C@H](C)NC(=O)[C@@H]2C[C@@H](O)CN2C(=O)[C@@H](NC(=O)CCOCCOCCOCCC(=O)NCCS(=O)(=O)N2CCC(Nc3ncc(Br)c(Nc4cccc(F)c4C(N)=O)n3)CC2)C(C)(C)C)cc1. The van der Waals surface area contributed by atoms with Crippen LogP contribution in [0.15, 0.2) is 58.6 Å². The Bertz CT molecular complexity index is 2780. The summed E-state index contributed by atoms with van der Waals surface area (Å²) in [5, 5.41) is 25.2. The lowest BCUT2D eigenvalue weighted by Crippen LogP contribution is -2.58. The number of halogens is 2. The molecule has 6 rings (SSSR count). The third kappa shape index (κ3) is 17.6. The molecule has 0 aliphatic carbocycles. The minimum Gasteiger partial charge on any atom is -0.391 e. The maximum Gasteiger partial charge on any atom is 0.253 e. The van der Waals surface area contributed by atoms with Gasteiger partial charge in [0.15, 0.2) is 0 Å². The normalized spacial score (nSPS) is 17.1. The number of aromatic nitrogens is 3. The summed E-state index contributed by atoms with van der Waals surface area (Å²) in [4.78, 5) is 80.4. The van der Waals surface area contributed by atoms with Gasteiger partial charge in [-0.15, -0.1) is 11.3 Å². The number of sulfonamides is 1. The average molecular weight is 1180 g/mol. The highest BCUT2D eigenvalue weighted by atomic mass is 79.9. The Morgan fingerprint density at radius 1 is 0.935 bits per heavy atom. The molecule has 2 aromatic carbocycles. The number of aliphatic hydroxyl groups excluding tert-OH is 1. The number of ether oxygens (including phenoxy) is 3. The molecule has 0 saturated carbocycles. The van der Waals surface area contributed by atoms with Crippen LogP contribution in [0, 0.1) is 18.2 Å². The molecule has 2 aliphatic heterocycles. The van der Waals surface area contributed by atoms with E-state index in [0.29, 0.717) is 17.3 Å². The third-order valence-corrected chi connectivity index (χ3v) is 16.3. The number of nitrogens with two attached hydrogens (primary N) is 1. The predicted octanol–water partition coefficient (Wildman–Crippen LogP) is 4.18. The van der Waals surface area contributed by atoms with Crippen LogP contribution in [-0.4, -0.2) is 163 Å². The van der Waals surface area contributed by atoms with Crippen molar-refractivity contribution in [1.82, 2.24) is 40.1 Å². The van der Waals surface area contributed by atoms with Crippen LogP contribution < -0.4 is 32.3 Å². The lowest BCUT2D eigenvalue weighted by Gasteiger charge is -2.35. The van der Waals surface area contributed by atoms with E-state index < -0.39 is 63.1 Å². The van der Waals surface area contributed by atoms with Crippen LogP contribution in [0.2, 0.25) is 0 Å². The molecule has 22 nitrogen and oxygen atoms in total. The average Bonchev–Trinajstić information content (AvgIpc) is 4.00. The molecule has 2 aliphatic rings. The summed E-state index contributed by atoms with van der Waals surface area (Å²) in [6.45, 7) is 10.6. The molecule has 2 aromatic heterocycles. The lowest BCUT2D eigenvalue weighted by molar-refractivity contribution is -0.144. The second kappa shape index (κ2) is 28.2. The molecule has 4 heterocycles. The molecule has 4 atom stereocenters. The van der Waals surface area contributed by atoms with Gasteiger partial charge in [-0.05, 0) is 71.3 Å². The molecule has 2 saturated heterocycles. The standard InChI is InChI=1S/C51H69BrFN11O11S2/c1-31(33-9-11-34(12-10-33)44-32(2)57-30-76-44)58-48(69)40-27-36(65)29-64(40)49(70)45(51(3,4)5)61-42(67)16-21-74-23-25-75-24-22-73-20-15-41(66)55-17-26-77(71,72)63-18-13-35(14-19-63)59-50-56-28-37(52)47(62-50)60-39-8-6-7-38(53)43(39)46(54)68/h6-12,28,30-31,35-36,40,45,65H,13-27,29H2,1-5H3,(H2,54,68)(H,55,66)(H,58,69)(H,61,67)(H2,56,59,60,62)/t31-,36+,40-,45+/m0/s1. The number of hydrogen-bond acceptors (Lipinski definition) is 17. The second-order valence-corrected chi connectivity index (χ2v) is 23.5. The number of rotatable bonds is 27. The Labute approximate surface area is 460 Å².